The van der Waals surface area contributed by atoms with Gasteiger partial charge in [-0.15, -0.1) is 0 Å². The summed E-state index contributed by atoms with van der Waals surface area (Å²) in [5.74, 6) is -0.707. The lowest BCUT2D eigenvalue weighted by Gasteiger charge is -2.23. The molecule has 0 aliphatic heterocycles. The SMILES string of the molecule is CCCCN(Cc1cccnc1)C(=O)c1cc(=O)[nH]c2cc(F)ccc12. The third-order valence-electron chi connectivity index (χ3n) is 4.20. The quantitative estimate of drug-likeness (QED) is 0.737. The number of fused-ring (bicyclic) bond motifs is 1. The second-order valence-electron chi connectivity index (χ2n) is 6.18. The van der Waals surface area contributed by atoms with Crippen LogP contribution in [0.25, 0.3) is 10.9 Å². The highest BCUT2D eigenvalue weighted by atomic mass is 19.1. The van der Waals surface area contributed by atoms with Gasteiger partial charge in [-0.1, -0.05) is 19.4 Å². The average Bonchev–Trinajstić information content (AvgIpc) is 2.64. The third-order valence-corrected chi connectivity index (χ3v) is 4.20. The Morgan fingerprint density at radius 3 is 2.85 bits per heavy atom. The molecular formula is C20H20FN3O2. The summed E-state index contributed by atoms with van der Waals surface area (Å²) < 4.78 is 13.5. The van der Waals surface area contributed by atoms with Gasteiger partial charge in [0.2, 0.25) is 5.56 Å². The summed E-state index contributed by atoms with van der Waals surface area (Å²) in [6.45, 7) is 3.03. The van der Waals surface area contributed by atoms with Crippen LogP contribution in [0.2, 0.25) is 0 Å². The third kappa shape index (κ3) is 3.96. The highest BCUT2D eigenvalue weighted by Crippen LogP contribution is 2.19. The number of amides is 1. The Bertz CT molecular complexity index is 970. The molecule has 0 radical (unpaired) electrons. The molecule has 2 aromatic heterocycles. The van der Waals surface area contributed by atoms with Crippen LogP contribution in [0, 0.1) is 5.82 Å². The first-order valence-electron chi connectivity index (χ1n) is 8.59. The predicted molar refractivity (Wildman–Crippen MR) is 98.4 cm³/mol. The van der Waals surface area contributed by atoms with Crippen molar-refractivity contribution < 1.29 is 9.18 Å². The van der Waals surface area contributed by atoms with E-state index in [1.165, 1.54) is 24.3 Å². The van der Waals surface area contributed by atoms with Crippen LogP contribution in [0.15, 0.2) is 53.6 Å². The summed E-state index contributed by atoms with van der Waals surface area (Å²) >= 11 is 0. The number of nitrogens with zero attached hydrogens (tertiary/aromatic N) is 2. The summed E-state index contributed by atoms with van der Waals surface area (Å²) in [5.41, 5.74) is 1.09. The minimum Gasteiger partial charge on any atom is -0.334 e. The predicted octanol–water partition coefficient (Wildman–Crippen LogP) is 3.50. The number of pyridine rings is 2. The Kier molecular flexibility index (Phi) is 5.41. The van der Waals surface area contributed by atoms with Crippen LogP contribution in [0.1, 0.15) is 35.7 Å². The molecule has 6 heteroatoms. The van der Waals surface area contributed by atoms with Crippen molar-refractivity contribution in [2.45, 2.75) is 26.3 Å². The number of hydrogen-bond donors (Lipinski definition) is 1. The molecule has 0 saturated heterocycles. The van der Waals surface area contributed by atoms with Gasteiger partial charge in [0, 0.05) is 36.9 Å². The molecule has 1 N–H and O–H groups in total. The maximum Gasteiger partial charge on any atom is 0.255 e. The Balaban J connectivity index is 2.00. The summed E-state index contributed by atoms with van der Waals surface area (Å²) in [6, 6.07) is 9.05. The summed E-state index contributed by atoms with van der Waals surface area (Å²) in [4.78, 5) is 33.5. The minimum absolute atomic E-state index is 0.245. The first kappa shape index (κ1) is 17.8. The maximum absolute atomic E-state index is 13.5. The Morgan fingerprint density at radius 2 is 2.12 bits per heavy atom. The van der Waals surface area contributed by atoms with Gasteiger partial charge in [-0.3, -0.25) is 14.6 Å². The molecule has 1 amide bonds. The molecule has 134 valence electrons. The lowest BCUT2D eigenvalue weighted by Crippen LogP contribution is -2.32. The number of hydrogen-bond acceptors (Lipinski definition) is 3. The molecule has 26 heavy (non-hydrogen) atoms. The van der Waals surface area contributed by atoms with Crippen molar-refractivity contribution in [1.29, 1.82) is 0 Å². The molecule has 0 aliphatic rings. The molecule has 1 aromatic carbocycles. The lowest BCUT2D eigenvalue weighted by atomic mass is 10.1. The zero-order valence-corrected chi connectivity index (χ0v) is 14.5. The second kappa shape index (κ2) is 7.91. The van der Waals surface area contributed by atoms with E-state index in [1.54, 1.807) is 17.3 Å². The van der Waals surface area contributed by atoms with Gasteiger partial charge in [-0.25, -0.2) is 4.39 Å². The van der Waals surface area contributed by atoms with Crippen LogP contribution >= 0.6 is 0 Å². The van der Waals surface area contributed by atoms with Gasteiger partial charge >= 0.3 is 0 Å². The average molecular weight is 353 g/mol. The Hall–Kier alpha value is -3.02. The number of aromatic nitrogens is 2. The minimum atomic E-state index is -0.462. The van der Waals surface area contributed by atoms with Crippen molar-refractivity contribution in [3.05, 3.63) is 76.1 Å². The fourth-order valence-corrected chi connectivity index (χ4v) is 2.89. The van der Waals surface area contributed by atoms with Crippen molar-refractivity contribution in [3.8, 4) is 0 Å². The number of unbranched alkanes of at least 4 members (excludes halogenated alkanes) is 1. The van der Waals surface area contributed by atoms with Crippen molar-refractivity contribution >= 4 is 16.8 Å². The molecule has 0 bridgehead atoms. The topological polar surface area (TPSA) is 66.1 Å². The molecule has 0 aliphatic carbocycles. The number of carbonyl (C=O) groups excluding carboxylic acids is 1. The van der Waals surface area contributed by atoms with Gasteiger partial charge in [-0.05, 0) is 36.2 Å². The van der Waals surface area contributed by atoms with E-state index in [1.807, 2.05) is 12.1 Å². The van der Waals surface area contributed by atoms with Crippen molar-refractivity contribution in [1.82, 2.24) is 14.9 Å². The van der Waals surface area contributed by atoms with E-state index in [9.17, 15) is 14.0 Å². The van der Waals surface area contributed by atoms with E-state index < -0.39 is 11.4 Å². The largest absolute Gasteiger partial charge is 0.334 e. The summed E-state index contributed by atoms with van der Waals surface area (Å²) in [5, 5.41) is 0.531. The molecule has 2 heterocycles. The van der Waals surface area contributed by atoms with E-state index in [2.05, 4.69) is 16.9 Å². The van der Waals surface area contributed by atoms with E-state index in [-0.39, 0.29) is 11.5 Å². The molecule has 5 nitrogen and oxygen atoms in total. The van der Waals surface area contributed by atoms with Crippen molar-refractivity contribution in [2.24, 2.45) is 0 Å². The van der Waals surface area contributed by atoms with Crippen LogP contribution < -0.4 is 5.56 Å². The van der Waals surface area contributed by atoms with Crippen molar-refractivity contribution in [3.63, 3.8) is 0 Å². The highest BCUT2D eigenvalue weighted by Gasteiger charge is 2.19. The van der Waals surface area contributed by atoms with Gasteiger partial charge in [0.15, 0.2) is 0 Å². The van der Waals surface area contributed by atoms with Gasteiger partial charge < -0.3 is 9.88 Å². The first-order valence-corrected chi connectivity index (χ1v) is 8.59. The Morgan fingerprint density at radius 1 is 1.27 bits per heavy atom. The molecule has 0 spiro atoms. The molecule has 0 atom stereocenters. The monoisotopic (exact) mass is 353 g/mol. The molecule has 0 unspecified atom stereocenters. The maximum atomic E-state index is 13.5. The summed E-state index contributed by atoms with van der Waals surface area (Å²) in [7, 11) is 0. The van der Waals surface area contributed by atoms with Crippen LogP contribution in [-0.4, -0.2) is 27.3 Å². The van der Waals surface area contributed by atoms with Gasteiger partial charge in [0.1, 0.15) is 5.82 Å². The van der Waals surface area contributed by atoms with Crippen LogP contribution in [0.3, 0.4) is 0 Å². The number of nitrogens with one attached hydrogen (secondary N) is 1. The van der Waals surface area contributed by atoms with E-state index in [4.69, 9.17) is 0 Å². The fourth-order valence-electron chi connectivity index (χ4n) is 2.89. The molecule has 3 aromatic rings. The molecule has 0 fully saturated rings. The Labute approximate surface area is 150 Å². The van der Waals surface area contributed by atoms with Crippen LogP contribution in [0.5, 0.6) is 0 Å². The van der Waals surface area contributed by atoms with E-state index in [0.717, 1.165) is 18.4 Å². The highest BCUT2D eigenvalue weighted by molar-refractivity contribution is 6.05. The summed E-state index contributed by atoms with van der Waals surface area (Å²) in [6.07, 6.45) is 5.19. The van der Waals surface area contributed by atoms with Crippen LogP contribution in [-0.2, 0) is 6.54 Å². The van der Waals surface area contributed by atoms with Gasteiger partial charge in [0.05, 0.1) is 11.1 Å². The number of halogens is 1. The second-order valence-corrected chi connectivity index (χ2v) is 6.18. The fraction of sp³-hybridized carbons (Fsp3) is 0.250. The zero-order chi connectivity index (χ0) is 18.5. The molecule has 3 rings (SSSR count). The van der Waals surface area contributed by atoms with E-state index in [0.29, 0.717) is 24.0 Å². The lowest BCUT2D eigenvalue weighted by molar-refractivity contribution is 0.0742. The van der Waals surface area contributed by atoms with Gasteiger partial charge in [-0.2, -0.15) is 0 Å². The standard InChI is InChI=1S/C20H20FN3O2/c1-2-3-9-24(13-14-5-4-8-22-12-14)20(26)17-11-19(25)23-18-10-15(21)6-7-16(17)18/h4-8,10-12H,2-3,9,13H2,1H3,(H,23,25). The number of aromatic amines is 1. The van der Waals surface area contributed by atoms with Crippen LogP contribution in [0.4, 0.5) is 4.39 Å². The van der Waals surface area contributed by atoms with Crippen molar-refractivity contribution in [2.75, 3.05) is 6.54 Å². The first-order chi connectivity index (χ1) is 12.6. The molecule has 0 saturated carbocycles. The zero-order valence-electron chi connectivity index (χ0n) is 14.5. The normalized spacial score (nSPS) is 10.8. The number of H-pyrrole nitrogens is 1. The van der Waals surface area contributed by atoms with Gasteiger partial charge in [0.25, 0.3) is 5.91 Å². The number of benzene rings is 1. The van der Waals surface area contributed by atoms with E-state index >= 15 is 0 Å². The smallest absolute Gasteiger partial charge is 0.255 e. The number of rotatable bonds is 6. The molecular weight excluding hydrogens is 333 g/mol. The number of carbonyl (C=O) groups is 1.